The highest BCUT2D eigenvalue weighted by molar-refractivity contribution is 7.80. The van der Waals surface area contributed by atoms with E-state index in [2.05, 4.69) is 21.2 Å². The van der Waals surface area contributed by atoms with Crippen molar-refractivity contribution in [3.63, 3.8) is 0 Å². The van der Waals surface area contributed by atoms with Gasteiger partial charge in [-0.15, -0.1) is 0 Å². The molecule has 1 amide bonds. The van der Waals surface area contributed by atoms with Crippen LogP contribution in [0.4, 0.5) is 0 Å². The number of pyridine rings is 1. The van der Waals surface area contributed by atoms with Gasteiger partial charge in [-0.05, 0) is 44.3 Å². The first-order chi connectivity index (χ1) is 13.0. The van der Waals surface area contributed by atoms with Crippen molar-refractivity contribution in [3.8, 4) is 11.3 Å². The van der Waals surface area contributed by atoms with Crippen LogP contribution in [0, 0.1) is 0 Å². The normalized spacial score (nSPS) is 10.7. The number of benzene rings is 2. The van der Waals surface area contributed by atoms with E-state index in [9.17, 15) is 4.79 Å². The predicted octanol–water partition coefficient (Wildman–Crippen LogP) is 4.07. The van der Waals surface area contributed by atoms with Crippen LogP contribution < -0.4 is 16.2 Å². The monoisotopic (exact) mass is 398 g/mol. The molecular weight excluding hydrogens is 380 g/mol. The standard InChI is InChI=1S/C20H19ClN4OS/c1-12(2)22-20(27)25-24-19(26)15-11-18(14-8-3-5-9-16(14)21)23-17-10-6-4-7-13(15)17/h3-12H,1-2H3,(H,24,26)(H2,22,25,27). The van der Waals surface area contributed by atoms with Gasteiger partial charge in [-0.25, -0.2) is 4.98 Å². The molecule has 1 heterocycles. The van der Waals surface area contributed by atoms with Crippen LogP contribution in [0.2, 0.25) is 5.02 Å². The highest BCUT2D eigenvalue weighted by atomic mass is 35.5. The van der Waals surface area contributed by atoms with Gasteiger partial charge in [0.05, 0.1) is 16.8 Å². The van der Waals surface area contributed by atoms with E-state index in [1.54, 1.807) is 12.1 Å². The largest absolute Gasteiger partial charge is 0.359 e. The second-order valence-electron chi connectivity index (χ2n) is 6.26. The molecule has 2 aromatic carbocycles. The average Bonchev–Trinajstić information content (AvgIpc) is 2.65. The molecule has 0 atom stereocenters. The summed E-state index contributed by atoms with van der Waals surface area (Å²) in [5.41, 5.74) is 7.95. The van der Waals surface area contributed by atoms with E-state index in [0.717, 1.165) is 10.9 Å². The minimum Gasteiger partial charge on any atom is -0.359 e. The van der Waals surface area contributed by atoms with Gasteiger partial charge in [0.2, 0.25) is 0 Å². The number of thiocarbonyl (C=S) groups is 1. The third-order valence-corrected chi connectivity index (χ3v) is 4.37. The molecule has 3 rings (SSSR count). The van der Waals surface area contributed by atoms with Gasteiger partial charge in [0.15, 0.2) is 5.11 Å². The number of para-hydroxylation sites is 1. The van der Waals surface area contributed by atoms with Crippen LogP contribution in [0.25, 0.3) is 22.2 Å². The molecule has 5 nitrogen and oxygen atoms in total. The van der Waals surface area contributed by atoms with Crippen molar-refractivity contribution in [2.75, 3.05) is 0 Å². The van der Waals surface area contributed by atoms with Crippen molar-refractivity contribution in [2.24, 2.45) is 0 Å². The van der Waals surface area contributed by atoms with Crippen LogP contribution in [0.5, 0.6) is 0 Å². The van der Waals surface area contributed by atoms with Crippen LogP contribution in [0.3, 0.4) is 0 Å². The summed E-state index contributed by atoms with van der Waals surface area (Å²) in [6.45, 7) is 3.92. The fourth-order valence-electron chi connectivity index (χ4n) is 2.65. The zero-order chi connectivity index (χ0) is 19.4. The summed E-state index contributed by atoms with van der Waals surface area (Å²) < 4.78 is 0. The van der Waals surface area contributed by atoms with Gasteiger partial charge < -0.3 is 5.32 Å². The van der Waals surface area contributed by atoms with Gasteiger partial charge >= 0.3 is 0 Å². The summed E-state index contributed by atoms with van der Waals surface area (Å²) in [5, 5.41) is 4.68. The molecule has 0 bridgehead atoms. The molecule has 0 unspecified atom stereocenters. The lowest BCUT2D eigenvalue weighted by atomic mass is 10.0. The second-order valence-corrected chi connectivity index (χ2v) is 7.07. The summed E-state index contributed by atoms with van der Waals surface area (Å²) in [6.07, 6.45) is 0. The number of aromatic nitrogens is 1. The number of halogens is 1. The SMILES string of the molecule is CC(C)NC(=S)NNC(=O)c1cc(-c2ccccc2Cl)nc2ccccc12. The number of nitrogens with one attached hydrogen (secondary N) is 3. The Morgan fingerprint density at radius 1 is 1.07 bits per heavy atom. The van der Waals surface area contributed by atoms with Crippen LogP contribution in [-0.4, -0.2) is 22.0 Å². The Balaban J connectivity index is 1.97. The summed E-state index contributed by atoms with van der Waals surface area (Å²) >= 11 is 11.5. The molecule has 3 N–H and O–H groups in total. The van der Waals surface area contributed by atoms with Crippen LogP contribution in [0.1, 0.15) is 24.2 Å². The molecule has 138 valence electrons. The average molecular weight is 399 g/mol. The van der Waals surface area contributed by atoms with E-state index in [-0.39, 0.29) is 11.9 Å². The molecule has 0 aliphatic rings. The number of hydrazine groups is 1. The summed E-state index contributed by atoms with van der Waals surface area (Å²) in [7, 11) is 0. The fourth-order valence-corrected chi connectivity index (χ4v) is 3.17. The topological polar surface area (TPSA) is 66.0 Å². The zero-order valence-corrected chi connectivity index (χ0v) is 16.5. The number of hydrogen-bond acceptors (Lipinski definition) is 3. The van der Waals surface area contributed by atoms with Crippen LogP contribution in [-0.2, 0) is 0 Å². The van der Waals surface area contributed by atoms with Gasteiger partial charge in [-0.3, -0.25) is 15.6 Å². The molecule has 1 aromatic heterocycles. The van der Waals surface area contributed by atoms with Crippen molar-refractivity contribution in [1.82, 2.24) is 21.2 Å². The third-order valence-electron chi connectivity index (χ3n) is 3.82. The minimum atomic E-state index is -0.310. The third kappa shape index (κ3) is 4.53. The Hall–Kier alpha value is -2.70. The molecule has 0 saturated heterocycles. The van der Waals surface area contributed by atoms with E-state index in [0.29, 0.717) is 26.9 Å². The maximum Gasteiger partial charge on any atom is 0.270 e. The van der Waals surface area contributed by atoms with Crippen molar-refractivity contribution in [3.05, 3.63) is 65.2 Å². The summed E-state index contributed by atoms with van der Waals surface area (Å²) in [6, 6.07) is 16.8. The van der Waals surface area contributed by atoms with E-state index in [1.165, 1.54) is 0 Å². The molecule has 7 heteroatoms. The van der Waals surface area contributed by atoms with Gasteiger partial charge in [0.25, 0.3) is 5.91 Å². The number of rotatable bonds is 3. The van der Waals surface area contributed by atoms with Gasteiger partial charge in [0, 0.05) is 22.0 Å². The quantitative estimate of drug-likeness (QED) is 0.458. The minimum absolute atomic E-state index is 0.162. The maximum atomic E-state index is 12.8. The molecule has 27 heavy (non-hydrogen) atoms. The van der Waals surface area contributed by atoms with E-state index in [4.69, 9.17) is 23.8 Å². The number of carbonyl (C=O) groups is 1. The number of amides is 1. The second kappa shape index (κ2) is 8.33. The molecule has 0 aliphatic heterocycles. The van der Waals surface area contributed by atoms with Gasteiger partial charge in [-0.1, -0.05) is 48.0 Å². The first kappa shape index (κ1) is 19.1. The summed E-state index contributed by atoms with van der Waals surface area (Å²) in [5.74, 6) is -0.310. The van der Waals surface area contributed by atoms with Crippen LogP contribution in [0.15, 0.2) is 54.6 Å². The first-order valence-electron chi connectivity index (χ1n) is 8.47. The van der Waals surface area contributed by atoms with Gasteiger partial charge in [-0.2, -0.15) is 0 Å². The number of carbonyl (C=O) groups excluding carboxylic acids is 1. The van der Waals surface area contributed by atoms with Crippen molar-refractivity contribution >= 4 is 45.7 Å². The Kier molecular flexibility index (Phi) is 5.88. The predicted molar refractivity (Wildman–Crippen MR) is 114 cm³/mol. The molecular formula is C20H19ClN4OS. The Labute approximate surface area is 168 Å². The van der Waals surface area contributed by atoms with E-state index in [1.807, 2.05) is 56.3 Å². The van der Waals surface area contributed by atoms with Gasteiger partial charge in [0.1, 0.15) is 0 Å². The Morgan fingerprint density at radius 2 is 1.78 bits per heavy atom. The summed E-state index contributed by atoms with van der Waals surface area (Å²) in [4.78, 5) is 17.5. The van der Waals surface area contributed by atoms with E-state index >= 15 is 0 Å². The maximum absolute atomic E-state index is 12.8. The highest BCUT2D eigenvalue weighted by Crippen LogP contribution is 2.29. The van der Waals surface area contributed by atoms with Crippen molar-refractivity contribution in [1.29, 1.82) is 0 Å². The lowest BCUT2D eigenvalue weighted by molar-refractivity contribution is 0.0945. The molecule has 3 aromatic rings. The van der Waals surface area contributed by atoms with Crippen molar-refractivity contribution < 1.29 is 4.79 Å². The zero-order valence-electron chi connectivity index (χ0n) is 14.9. The highest BCUT2D eigenvalue weighted by Gasteiger charge is 2.15. The molecule has 0 fully saturated rings. The smallest absolute Gasteiger partial charge is 0.270 e. The Morgan fingerprint density at radius 3 is 2.52 bits per heavy atom. The van der Waals surface area contributed by atoms with Crippen molar-refractivity contribution in [2.45, 2.75) is 19.9 Å². The van der Waals surface area contributed by atoms with E-state index < -0.39 is 0 Å². The molecule has 0 aliphatic carbocycles. The fraction of sp³-hybridized carbons (Fsp3) is 0.150. The first-order valence-corrected chi connectivity index (χ1v) is 9.26. The van der Waals surface area contributed by atoms with Crippen LogP contribution >= 0.6 is 23.8 Å². The lowest BCUT2D eigenvalue weighted by Gasteiger charge is -2.15. The molecule has 0 radical (unpaired) electrons. The number of hydrogen-bond donors (Lipinski definition) is 3. The lowest BCUT2D eigenvalue weighted by Crippen LogP contribution is -2.48. The molecule has 0 spiro atoms. The number of nitrogens with zero attached hydrogens (tertiary/aromatic N) is 1. The Bertz CT molecular complexity index is 1010. The number of fused-ring (bicyclic) bond motifs is 1. The molecule has 0 saturated carbocycles.